The monoisotopic (exact) mass is 1120 g/mol. The topological polar surface area (TPSA) is 4.93 Å². The van der Waals surface area contributed by atoms with E-state index in [0.29, 0.717) is 0 Å². The number of rotatable bonds is 6. The van der Waals surface area contributed by atoms with Gasteiger partial charge >= 0.3 is 0 Å². The Labute approximate surface area is 511 Å². The van der Waals surface area contributed by atoms with Crippen LogP contribution in [0.15, 0.2) is 297 Å². The van der Waals surface area contributed by atoms with E-state index in [4.69, 9.17) is 0 Å². The quantitative estimate of drug-likeness (QED) is 0.146. The van der Waals surface area contributed by atoms with Gasteiger partial charge in [0.25, 0.3) is 0 Å². The van der Waals surface area contributed by atoms with Crippen molar-refractivity contribution in [3.63, 3.8) is 0 Å². The summed E-state index contributed by atoms with van der Waals surface area (Å²) in [4.78, 5) is 0. The van der Waals surface area contributed by atoms with Gasteiger partial charge in [0.1, 0.15) is 0 Å². The van der Waals surface area contributed by atoms with Crippen LogP contribution in [0.5, 0.6) is 0 Å². The Morgan fingerprint density at radius 3 is 0.764 bits per heavy atom. The lowest BCUT2D eigenvalue weighted by Gasteiger charge is -2.20. The van der Waals surface area contributed by atoms with Crippen LogP contribution < -0.4 is 0 Å². The molecule has 0 fully saturated rings. The largest absolute Gasteiger partial charge is 0.309 e. The van der Waals surface area contributed by atoms with E-state index >= 15 is 0 Å². The maximum absolute atomic E-state index is 2.47. The van der Waals surface area contributed by atoms with Gasteiger partial charge in [-0.25, -0.2) is 0 Å². The Balaban J connectivity index is 0.742. The molecule has 1 aromatic heterocycles. The molecule has 0 aliphatic rings. The number of aromatic nitrogens is 1. The van der Waals surface area contributed by atoms with Gasteiger partial charge in [0.2, 0.25) is 0 Å². The third kappa shape index (κ3) is 6.53. The van der Waals surface area contributed by atoms with Crippen LogP contribution in [-0.4, -0.2) is 4.57 Å². The predicted octanol–water partition coefficient (Wildman–Crippen LogP) is 24.7. The maximum atomic E-state index is 2.47. The van der Waals surface area contributed by atoms with E-state index in [1.165, 1.54) is 207 Å². The summed E-state index contributed by atoms with van der Waals surface area (Å²) in [5, 5.41) is 33.5. The summed E-state index contributed by atoms with van der Waals surface area (Å²) in [5.74, 6) is 0. The van der Waals surface area contributed by atoms with Crippen LogP contribution in [0.1, 0.15) is 0 Å². The minimum absolute atomic E-state index is 1.16. The predicted molar refractivity (Wildman–Crippen MR) is 383 cm³/mol. The lowest BCUT2D eigenvalue weighted by Crippen LogP contribution is -1.94. The summed E-state index contributed by atoms with van der Waals surface area (Å²) < 4.78 is 2.40. The molecule has 0 radical (unpaired) electrons. The highest BCUT2D eigenvalue weighted by atomic mass is 15.0. The zero-order valence-corrected chi connectivity index (χ0v) is 48.2. The summed E-state index contributed by atoms with van der Waals surface area (Å²) in [7, 11) is 0. The van der Waals surface area contributed by atoms with Crippen LogP contribution in [0.3, 0.4) is 0 Å². The first-order valence-corrected chi connectivity index (χ1v) is 31.1. The summed E-state index contributed by atoms with van der Waals surface area (Å²) in [6.07, 6.45) is 0. The first-order chi connectivity index (χ1) is 44.1. The van der Waals surface area contributed by atoms with Crippen LogP contribution in [0.25, 0.3) is 212 Å². The van der Waals surface area contributed by atoms with Gasteiger partial charge in [-0.2, -0.15) is 0 Å². The zero-order valence-electron chi connectivity index (χ0n) is 48.2. The van der Waals surface area contributed by atoms with E-state index in [9.17, 15) is 0 Å². The van der Waals surface area contributed by atoms with Gasteiger partial charge in [-0.1, -0.05) is 255 Å². The van der Waals surface area contributed by atoms with Crippen molar-refractivity contribution in [1.82, 2.24) is 4.57 Å². The lowest BCUT2D eigenvalue weighted by atomic mass is 9.83. The van der Waals surface area contributed by atoms with Crippen LogP contribution in [-0.2, 0) is 0 Å². The third-order valence-corrected chi connectivity index (χ3v) is 20.6. The fourth-order valence-corrected chi connectivity index (χ4v) is 16.6. The van der Waals surface area contributed by atoms with Crippen molar-refractivity contribution >= 4 is 151 Å². The van der Waals surface area contributed by atoms with Crippen molar-refractivity contribution in [3.05, 3.63) is 297 Å². The summed E-state index contributed by atoms with van der Waals surface area (Å²) in [6, 6.07) is 113. The molecule has 0 atom stereocenters. The van der Waals surface area contributed by atoms with Gasteiger partial charge in [0, 0.05) is 16.5 Å². The fraction of sp³-hybridized carbons (Fsp3) is 0. The number of hydrogen-bond acceptors (Lipinski definition) is 0. The SMILES string of the molecule is c1cc2ccc3ccc(-c4cc(-c5ccc6ccc7cccc8ccc5c6c78)cc(-c5ccc6ccc7c(-c8ccc9ccc%10c(-c%11ccc(-n%12c%13ccccc%13c%13ccccc%13%12)cc%11)ccc%11ccc8c9c%11%10)ccc8ccc5c6c87)c4)c4ccc(c1)c2c34. The molecule has 0 spiro atoms. The molecule has 0 aliphatic carbocycles. The average Bonchev–Trinajstić information content (AvgIpc) is 2.28. The van der Waals surface area contributed by atoms with Gasteiger partial charge in [0.05, 0.1) is 11.0 Å². The molecular weight excluding hydrogens is 1070 g/mol. The summed E-state index contributed by atoms with van der Waals surface area (Å²) >= 11 is 0. The molecule has 0 saturated carbocycles. The van der Waals surface area contributed by atoms with E-state index in [2.05, 4.69) is 302 Å². The molecule has 0 saturated heterocycles. The smallest absolute Gasteiger partial charge is 0.0541 e. The molecule has 21 aromatic rings. The molecule has 1 heterocycles. The second-order valence-corrected chi connectivity index (χ2v) is 25.0. The average molecular weight is 1120 g/mol. The normalized spacial score (nSPS) is 12.5. The second kappa shape index (κ2) is 17.5. The van der Waals surface area contributed by atoms with Gasteiger partial charge in [-0.15, -0.1) is 0 Å². The highest BCUT2D eigenvalue weighted by molar-refractivity contribution is 6.32. The van der Waals surface area contributed by atoms with Crippen molar-refractivity contribution < 1.29 is 0 Å². The molecule has 0 unspecified atom stereocenters. The minimum atomic E-state index is 1.16. The molecule has 21 rings (SSSR count). The highest BCUT2D eigenvalue weighted by Crippen LogP contribution is 2.50. The molecule has 89 heavy (non-hydrogen) atoms. The molecule has 1 nitrogen and oxygen atoms in total. The zero-order chi connectivity index (χ0) is 57.7. The molecule has 0 aliphatic heterocycles. The standard InChI is InChI=1S/C88H49N/c1-3-13-79-71(11-1)72-12-2-4-14-80(72)89(79)64-33-19-50(20-34-64)65-35-21-57-31-45-77-69(39-25-59-29-43-73(65)85(57)87(59)77)70-40-26-60-30-44-76-68(38-24-58-32-46-78(70)88(60)86(58)76)63-48-61(66-36-22-55-17-15-51-7-5-9-53-27-41-74(66)83(55)81(51)53)47-62(49-63)67-37-23-56-18-16-52-8-6-10-54-28-42-75(67)84(56)82(52)54/h1-49H. The fourth-order valence-electron chi connectivity index (χ4n) is 16.6. The summed E-state index contributed by atoms with van der Waals surface area (Å²) in [5.41, 5.74) is 15.9. The number of nitrogens with zero attached hydrogens (tertiary/aromatic N) is 1. The molecule has 1 heteroatoms. The number of fused-ring (bicyclic) bond motifs is 3. The van der Waals surface area contributed by atoms with Gasteiger partial charge in [-0.05, 0) is 227 Å². The van der Waals surface area contributed by atoms with E-state index in [1.807, 2.05) is 0 Å². The Hall–Kier alpha value is -11.6. The van der Waals surface area contributed by atoms with Crippen LogP contribution in [0.2, 0.25) is 0 Å². The molecule has 20 aromatic carbocycles. The van der Waals surface area contributed by atoms with Crippen molar-refractivity contribution in [2.24, 2.45) is 0 Å². The first-order valence-electron chi connectivity index (χ1n) is 31.1. The van der Waals surface area contributed by atoms with E-state index in [1.54, 1.807) is 0 Å². The Bertz CT molecular complexity index is 6320. The Morgan fingerprint density at radius 1 is 0.157 bits per heavy atom. The minimum Gasteiger partial charge on any atom is -0.309 e. The molecule has 406 valence electrons. The van der Waals surface area contributed by atoms with Gasteiger partial charge in [0.15, 0.2) is 0 Å². The lowest BCUT2D eigenvalue weighted by molar-refractivity contribution is 1.18. The number of benzene rings is 20. The maximum Gasteiger partial charge on any atom is 0.0541 e. The highest BCUT2D eigenvalue weighted by Gasteiger charge is 2.23. The summed E-state index contributed by atoms with van der Waals surface area (Å²) in [6.45, 7) is 0. The van der Waals surface area contributed by atoms with E-state index in [-0.39, 0.29) is 0 Å². The number of para-hydroxylation sites is 2. The first kappa shape index (κ1) is 47.6. The molecule has 0 N–H and O–H groups in total. The van der Waals surface area contributed by atoms with E-state index < -0.39 is 0 Å². The second-order valence-electron chi connectivity index (χ2n) is 25.0. The van der Waals surface area contributed by atoms with Crippen LogP contribution >= 0.6 is 0 Å². The van der Waals surface area contributed by atoms with Gasteiger partial charge in [-0.3, -0.25) is 0 Å². The van der Waals surface area contributed by atoms with Crippen molar-refractivity contribution in [2.75, 3.05) is 0 Å². The Morgan fingerprint density at radius 2 is 0.416 bits per heavy atom. The number of hydrogen-bond donors (Lipinski definition) is 0. The third-order valence-electron chi connectivity index (χ3n) is 20.6. The van der Waals surface area contributed by atoms with E-state index in [0.717, 1.165) is 5.69 Å². The van der Waals surface area contributed by atoms with Crippen molar-refractivity contribution in [1.29, 1.82) is 0 Å². The molecule has 0 amide bonds. The molecule has 0 bridgehead atoms. The van der Waals surface area contributed by atoms with Crippen LogP contribution in [0, 0.1) is 0 Å². The Kier molecular flexibility index (Phi) is 9.36. The van der Waals surface area contributed by atoms with Crippen molar-refractivity contribution in [3.8, 4) is 61.3 Å². The van der Waals surface area contributed by atoms with Gasteiger partial charge < -0.3 is 4.57 Å². The van der Waals surface area contributed by atoms with Crippen LogP contribution in [0.4, 0.5) is 0 Å². The van der Waals surface area contributed by atoms with Crippen molar-refractivity contribution in [2.45, 2.75) is 0 Å². The molecular formula is C88H49N.